The van der Waals surface area contributed by atoms with E-state index in [-0.39, 0.29) is 28.5 Å². The molecule has 4 aromatic carbocycles. The first-order chi connectivity index (χ1) is 21.6. The predicted molar refractivity (Wildman–Crippen MR) is 173 cm³/mol. The molecule has 0 bridgehead atoms. The van der Waals surface area contributed by atoms with Crippen LogP contribution in [0, 0.1) is 10.1 Å². The lowest BCUT2D eigenvalue weighted by atomic mass is 10.1. The number of nitrogens with zero attached hydrogens (tertiary/aromatic N) is 2. The van der Waals surface area contributed by atoms with Crippen molar-refractivity contribution in [2.75, 3.05) is 10.2 Å². The summed E-state index contributed by atoms with van der Waals surface area (Å²) in [6.07, 6.45) is 1.34. The second-order valence-corrected chi connectivity index (χ2v) is 11.8. The Bertz CT molecular complexity index is 1850. The summed E-state index contributed by atoms with van der Waals surface area (Å²) >= 11 is 13.5. The fourth-order valence-electron chi connectivity index (χ4n) is 4.42. The number of benzene rings is 4. The van der Waals surface area contributed by atoms with Gasteiger partial charge in [0.05, 0.1) is 20.9 Å². The zero-order valence-electron chi connectivity index (χ0n) is 23.1. The van der Waals surface area contributed by atoms with Gasteiger partial charge in [0.1, 0.15) is 5.70 Å². The third-order valence-electron chi connectivity index (χ3n) is 6.57. The van der Waals surface area contributed by atoms with Gasteiger partial charge < -0.3 is 10.6 Å². The highest BCUT2D eigenvalue weighted by Crippen LogP contribution is 2.38. The lowest BCUT2D eigenvalue weighted by Gasteiger charge is -2.17. The molecule has 1 heterocycles. The highest BCUT2D eigenvalue weighted by atomic mass is 35.5. The van der Waals surface area contributed by atoms with E-state index in [2.05, 4.69) is 10.6 Å². The van der Waals surface area contributed by atoms with Crippen LogP contribution in [0.1, 0.15) is 22.3 Å². The molecule has 226 valence electrons. The first-order valence-electron chi connectivity index (χ1n) is 13.3. The van der Waals surface area contributed by atoms with E-state index in [0.717, 1.165) is 16.7 Å². The zero-order chi connectivity index (χ0) is 32.1. The third-order valence-corrected chi connectivity index (χ3v) is 8.30. The van der Waals surface area contributed by atoms with E-state index in [4.69, 9.17) is 23.2 Å². The van der Waals surface area contributed by atoms with Gasteiger partial charge in [-0.3, -0.25) is 29.3 Å². The van der Waals surface area contributed by atoms with Crippen LogP contribution in [0.5, 0.6) is 0 Å². The number of nitro groups is 1. The van der Waals surface area contributed by atoms with Crippen LogP contribution in [0.3, 0.4) is 0 Å². The van der Waals surface area contributed by atoms with Gasteiger partial charge in [0.25, 0.3) is 17.5 Å². The van der Waals surface area contributed by atoms with Gasteiger partial charge in [0.15, 0.2) is 0 Å². The monoisotopic (exact) mass is 660 g/mol. The molecule has 2 N–H and O–H groups in total. The van der Waals surface area contributed by atoms with Gasteiger partial charge >= 0.3 is 0 Å². The lowest BCUT2D eigenvalue weighted by molar-refractivity contribution is -0.384. The fourth-order valence-corrected chi connectivity index (χ4v) is 5.90. The Labute approximate surface area is 271 Å². The van der Waals surface area contributed by atoms with Crippen molar-refractivity contribution >= 4 is 81.7 Å². The second-order valence-electron chi connectivity index (χ2n) is 9.68. The van der Waals surface area contributed by atoms with Crippen molar-refractivity contribution in [2.45, 2.75) is 16.6 Å². The average molecular weight is 662 g/mol. The number of hydrogen-bond donors (Lipinski definition) is 2. The van der Waals surface area contributed by atoms with Crippen LogP contribution >= 0.6 is 35.0 Å². The number of thioether (sulfide) groups is 1. The Hall–Kier alpha value is -4.97. The molecule has 45 heavy (non-hydrogen) atoms. The van der Waals surface area contributed by atoms with E-state index < -0.39 is 33.8 Å². The van der Waals surface area contributed by atoms with Crippen molar-refractivity contribution in [1.82, 2.24) is 5.32 Å². The second kappa shape index (κ2) is 13.8. The molecule has 0 unspecified atom stereocenters. The molecule has 1 atom stereocenters. The van der Waals surface area contributed by atoms with Crippen LogP contribution < -0.4 is 15.5 Å². The summed E-state index contributed by atoms with van der Waals surface area (Å²) in [6.45, 7) is 0. The number of anilines is 2. The number of carbonyl (C=O) groups is 4. The van der Waals surface area contributed by atoms with Gasteiger partial charge in [-0.1, -0.05) is 47.5 Å². The predicted octanol–water partition coefficient (Wildman–Crippen LogP) is 6.74. The Kier molecular flexibility index (Phi) is 9.62. The van der Waals surface area contributed by atoms with E-state index in [1.165, 1.54) is 42.5 Å². The Morgan fingerprint density at radius 2 is 1.67 bits per heavy atom. The van der Waals surface area contributed by atoms with Crippen LogP contribution in [-0.4, -0.2) is 33.8 Å². The molecule has 1 saturated heterocycles. The van der Waals surface area contributed by atoms with E-state index >= 15 is 0 Å². The molecule has 10 nitrogen and oxygen atoms in total. The number of carbonyl (C=O) groups excluding carboxylic acids is 4. The topological polar surface area (TPSA) is 139 Å². The van der Waals surface area contributed by atoms with Crippen molar-refractivity contribution < 1.29 is 24.1 Å². The number of nitrogens with one attached hydrogen (secondary N) is 2. The van der Waals surface area contributed by atoms with Crippen LogP contribution in [0.2, 0.25) is 10.0 Å². The quantitative estimate of drug-likeness (QED) is 0.0877. The summed E-state index contributed by atoms with van der Waals surface area (Å²) in [5.41, 5.74) is 1.11. The van der Waals surface area contributed by atoms with Crippen molar-refractivity contribution in [3.05, 3.63) is 134 Å². The van der Waals surface area contributed by atoms with E-state index in [9.17, 15) is 29.3 Å². The van der Waals surface area contributed by atoms with Crippen LogP contribution in [0.15, 0.2) is 108 Å². The number of rotatable bonds is 9. The number of imide groups is 1. The molecule has 13 heteroatoms. The summed E-state index contributed by atoms with van der Waals surface area (Å²) < 4.78 is 0. The highest BCUT2D eigenvalue weighted by molar-refractivity contribution is 8.00. The largest absolute Gasteiger partial charge is 0.321 e. The molecular weight excluding hydrogens is 639 g/mol. The molecule has 0 aliphatic carbocycles. The first-order valence-corrected chi connectivity index (χ1v) is 14.9. The maximum atomic E-state index is 13.4. The molecule has 0 radical (unpaired) electrons. The average Bonchev–Trinajstić information content (AvgIpc) is 3.30. The summed E-state index contributed by atoms with van der Waals surface area (Å²) in [6, 6.07) is 25.0. The number of non-ortho nitro benzene ring substituents is 1. The summed E-state index contributed by atoms with van der Waals surface area (Å²) in [4.78, 5) is 64.5. The number of amides is 4. The lowest BCUT2D eigenvalue weighted by Crippen LogP contribution is -2.31. The highest BCUT2D eigenvalue weighted by Gasteiger charge is 2.41. The van der Waals surface area contributed by atoms with Gasteiger partial charge in [-0.2, -0.15) is 0 Å². The summed E-state index contributed by atoms with van der Waals surface area (Å²) in [7, 11) is 0. The van der Waals surface area contributed by atoms with Crippen LogP contribution in [-0.2, 0) is 14.4 Å². The molecule has 1 aliphatic rings. The molecule has 0 aromatic heterocycles. The molecule has 5 rings (SSSR count). The Balaban J connectivity index is 1.34. The van der Waals surface area contributed by atoms with Crippen molar-refractivity contribution in [2.24, 2.45) is 0 Å². The summed E-state index contributed by atoms with van der Waals surface area (Å²) in [5, 5.41) is 16.2. The number of halogens is 2. The molecule has 0 saturated carbocycles. The van der Waals surface area contributed by atoms with Crippen molar-refractivity contribution in [1.29, 1.82) is 0 Å². The van der Waals surface area contributed by atoms with Crippen LogP contribution in [0.4, 0.5) is 17.1 Å². The smallest absolute Gasteiger partial charge is 0.272 e. The number of nitro benzene ring substituents is 1. The molecule has 4 amide bonds. The van der Waals surface area contributed by atoms with Crippen LogP contribution in [0.25, 0.3) is 6.08 Å². The zero-order valence-corrected chi connectivity index (χ0v) is 25.4. The first kappa shape index (κ1) is 31.5. The molecule has 1 fully saturated rings. The van der Waals surface area contributed by atoms with E-state index in [1.807, 2.05) is 0 Å². The Morgan fingerprint density at radius 1 is 0.933 bits per heavy atom. The molecule has 0 spiro atoms. The fraction of sp³-hybridized carbons (Fsp3) is 0.0625. The minimum Gasteiger partial charge on any atom is -0.321 e. The van der Waals surface area contributed by atoms with E-state index in [0.29, 0.717) is 26.7 Å². The molecular formula is C32H22Cl2N4O6S. The third kappa shape index (κ3) is 7.58. The summed E-state index contributed by atoms with van der Waals surface area (Å²) in [5.74, 6) is -2.05. The minimum absolute atomic E-state index is 0.0590. The van der Waals surface area contributed by atoms with Crippen molar-refractivity contribution in [3.8, 4) is 0 Å². The maximum absolute atomic E-state index is 13.4. The standard InChI is InChI=1S/C32H22Cl2N4O6S/c33-21-11-14-25(34)27(16-21)37-29(39)18-28(32(37)42)45-24-8-4-7-22(17-24)35-31(41)26(36-30(40)20-5-2-1-3-6-20)15-19-9-12-23(13-10-19)38(43)44/h1-17,28H,18H2,(H,35,41)(H,36,40)/b26-15-/t28-/m0/s1. The Morgan fingerprint density at radius 3 is 2.38 bits per heavy atom. The van der Waals surface area contributed by atoms with E-state index in [1.54, 1.807) is 60.7 Å². The molecule has 4 aromatic rings. The van der Waals surface area contributed by atoms with Gasteiger partial charge in [-0.15, -0.1) is 11.8 Å². The maximum Gasteiger partial charge on any atom is 0.272 e. The van der Waals surface area contributed by atoms with Gasteiger partial charge in [-0.05, 0) is 72.3 Å². The minimum atomic E-state index is -0.735. The SMILES string of the molecule is O=C(Nc1cccc(S[C@H]2CC(=O)N(c3cc(Cl)ccc3Cl)C2=O)c1)/C(=C/c1ccc([N+](=O)[O-])cc1)NC(=O)c1ccccc1. The van der Waals surface area contributed by atoms with Gasteiger partial charge in [0, 0.05) is 39.7 Å². The number of hydrogen-bond acceptors (Lipinski definition) is 7. The van der Waals surface area contributed by atoms with Gasteiger partial charge in [0.2, 0.25) is 11.8 Å². The molecule has 1 aliphatic heterocycles. The van der Waals surface area contributed by atoms with Gasteiger partial charge in [-0.25, -0.2) is 4.90 Å². The van der Waals surface area contributed by atoms with Crippen molar-refractivity contribution in [3.63, 3.8) is 0 Å². The normalized spacial score (nSPS) is 14.8.